The van der Waals surface area contributed by atoms with Gasteiger partial charge in [-0.2, -0.15) is 4.98 Å². The lowest BCUT2D eigenvalue weighted by Crippen LogP contribution is -2.09. The molecule has 0 amide bonds. The minimum Gasteiger partial charge on any atom is -0.463 e. The number of rotatable bonds is 5. The second kappa shape index (κ2) is 6.29. The third-order valence-electron chi connectivity index (χ3n) is 2.34. The Morgan fingerprint density at radius 3 is 3.00 bits per heavy atom. The number of hydrogen-bond acceptors (Lipinski definition) is 7. The number of ether oxygens (including phenoxy) is 1. The maximum absolute atomic E-state index is 11.3. The van der Waals surface area contributed by atoms with Crippen molar-refractivity contribution in [3.05, 3.63) is 23.4 Å². The van der Waals surface area contributed by atoms with Crippen LogP contribution in [-0.2, 0) is 4.74 Å². The number of halogens is 1. The molecule has 0 aromatic carbocycles. The molecule has 1 N–H and O–H groups in total. The highest BCUT2D eigenvalue weighted by atomic mass is 35.5. The van der Waals surface area contributed by atoms with E-state index in [2.05, 4.69) is 30.1 Å². The van der Waals surface area contributed by atoms with Gasteiger partial charge in [0.2, 0.25) is 5.95 Å². The van der Waals surface area contributed by atoms with Crippen molar-refractivity contribution in [2.75, 3.05) is 19.0 Å². The van der Waals surface area contributed by atoms with E-state index in [1.165, 1.54) is 24.3 Å². The summed E-state index contributed by atoms with van der Waals surface area (Å²) in [6, 6.07) is 0. The lowest BCUT2D eigenvalue weighted by atomic mass is 10.5. The fourth-order valence-electron chi connectivity index (χ4n) is 1.39. The number of esters is 1. The monoisotopic (exact) mass is 296 g/mol. The average Bonchev–Trinajstić information content (AvgIpc) is 2.95. The Morgan fingerprint density at radius 1 is 1.50 bits per heavy atom. The summed E-state index contributed by atoms with van der Waals surface area (Å²) in [4.78, 5) is 23.4. The van der Waals surface area contributed by atoms with Gasteiger partial charge in [-0.3, -0.25) is 0 Å². The van der Waals surface area contributed by atoms with Crippen LogP contribution in [0.25, 0.3) is 5.82 Å². The molecule has 0 aliphatic rings. The first-order valence-electron chi connectivity index (χ1n) is 5.92. The zero-order chi connectivity index (χ0) is 14.5. The van der Waals surface area contributed by atoms with Crippen molar-refractivity contribution in [1.82, 2.24) is 24.7 Å². The van der Waals surface area contributed by atoms with Gasteiger partial charge < -0.3 is 10.1 Å². The fraction of sp³-hybridized carbons (Fsp3) is 0.364. The van der Waals surface area contributed by atoms with E-state index in [1.807, 2.05) is 6.92 Å². The molecule has 9 heteroatoms. The molecule has 0 spiro atoms. The second-order valence-corrected chi connectivity index (χ2v) is 4.20. The van der Waals surface area contributed by atoms with E-state index >= 15 is 0 Å². The minimum atomic E-state index is -0.627. The van der Waals surface area contributed by atoms with Gasteiger partial charge in [-0.25, -0.2) is 19.4 Å². The van der Waals surface area contributed by atoms with E-state index in [0.29, 0.717) is 16.8 Å². The summed E-state index contributed by atoms with van der Waals surface area (Å²) in [5, 5.41) is 7.30. The van der Waals surface area contributed by atoms with Gasteiger partial charge in [-0.05, 0) is 6.42 Å². The Kier molecular flexibility index (Phi) is 4.46. The summed E-state index contributed by atoms with van der Waals surface area (Å²) in [7, 11) is 1.26. The number of carbonyl (C=O) groups excluding carboxylic acids is 1. The van der Waals surface area contributed by atoms with E-state index in [9.17, 15) is 4.79 Å². The van der Waals surface area contributed by atoms with Gasteiger partial charge in [0.25, 0.3) is 5.82 Å². The predicted octanol–water partition coefficient (Wildman–Crippen LogP) is 1.32. The zero-order valence-electron chi connectivity index (χ0n) is 11.0. The molecule has 20 heavy (non-hydrogen) atoms. The van der Waals surface area contributed by atoms with Crippen molar-refractivity contribution < 1.29 is 9.53 Å². The van der Waals surface area contributed by atoms with Crippen molar-refractivity contribution in [2.45, 2.75) is 13.3 Å². The highest BCUT2D eigenvalue weighted by Crippen LogP contribution is 2.17. The molecule has 0 saturated heterocycles. The van der Waals surface area contributed by atoms with Crippen LogP contribution in [0, 0.1) is 0 Å². The molecule has 0 aliphatic carbocycles. The highest BCUT2D eigenvalue weighted by Gasteiger charge is 2.15. The Balaban J connectivity index is 2.31. The largest absolute Gasteiger partial charge is 0.463 e. The van der Waals surface area contributed by atoms with E-state index < -0.39 is 5.97 Å². The third-order valence-corrected chi connectivity index (χ3v) is 2.60. The van der Waals surface area contributed by atoms with Gasteiger partial charge in [0.05, 0.1) is 13.3 Å². The zero-order valence-corrected chi connectivity index (χ0v) is 11.8. The van der Waals surface area contributed by atoms with Crippen LogP contribution < -0.4 is 5.32 Å². The van der Waals surface area contributed by atoms with Crippen molar-refractivity contribution in [1.29, 1.82) is 0 Å². The maximum atomic E-state index is 11.3. The van der Waals surface area contributed by atoms with Crippen LogP contribution in [0.4, 0.5) is 5.95 Å². The summed E-state index contributed by atoms with van der Waals surface area (Å²) in [6.45, 7) is 2.77. The van der Waals surface area contributed by atoms with Crippen molar-refractivity contribution >= 4 is 23.5 Å². The normalized spacial score (nSPS) is 10.3. The Morgan fingerprint density at radius 2 is 2.30 bits per heavy atom. The van der Waals surface area contributed by atoms with Crippen LogP contribution in [0.1, 0.15) is 24.0 Å². The number of methoxy groups -OCH3 is 1. The van der Waals surface area contributed by atoms with Crippen molar-refractivity contribution in [2.24, 2.45) is 0 Å². The van der Waals surface area contributed by atoms with Crippen LogP contribution in [-0.4, -0.2) is 44.4 Å². The molecule has 0 aliphatic heterocycles. The second-order valence-electron chi connectivity index (χ2n) is 3.80. The van der Waals surface area contributed by atoms with Crippen LogP contribution in [0.2, 0.25) is 5.02 Å². The highest BCUT2D eigenvalue weighted by molar-refractivity contribution is 6.32. The number of nitrogens with zero attached hydrogens (tertiary/aromatic N) is 5. The van der Waals surface area contributed by atoms with Crippen LogP contribution >= 0.6 is 11.6 Å². The molecule has 0 radical (unpaired) electrons. The quantitative estimate of drug-likeness (QED) is 0.831. The van der Waals surface area contributed by atoms with Crippen LogP contribution in [0.5, 0.6) is 0 Å². The number of nitrogens with one attached hydrogen (secondary N) is 1. The molecular weight excluding hydrogens is 284 g/mol. The third kappa shape index (κ3) is 3.02. The summed E-state index contributed by atoms with van der Waals surface area (Å²) >= 11 is 6.03. The standard InChI is InChI=1S/C11H13ClN6O2/c1-3-4-13-11-14-5-7(12)9(16-11)18-6-15-8(17-18)10(19)20-2/h5-6H,3-4H2,1-2H3,(H,13,14,16). The molecule has 0 bridgehead atoms. The van der Waals surface area contributed by atoms with E-state index in [4.69, 9.17) is 11.6 Å². The van der Waals surface area contributed by atoms with E-state index in [1.54, 1.807) is 0 Å². The smallest absolute Gasteiger partial charge is 0.377 e. The van der Waals surface area contributed by atoms with Crippen molar-refractivity contribution in [3.8, 4) is 5.82 Å². The van der Waals surface area contributed by atoms with Crippen LogP contribution in [0.3, 0.4) is 0 Å². The number of anilines is 1. The number of carbonyl (C=O) groups is 1. The molecule has 2 rings (SSSR count). The lowest BCUT2D eigenvalue weighted by Gasteiger charge is -2.06. The SMILES string of the molecule is CCCNc1ncc(Cl)c(-n2cnc(C(=O)OC)n2)n1. The molecule has 0 fully saturated rings. The number of hydrogen-bond donors (Lipinski definition) is 1. The molecule has 106 valence electrons. The summed E-state index contributed by atoms with van der Waals surface area (Å²) in [5.41, 5.74) is 0. The van der Waals surface area contributed by atoms with E-state index in [-0.39, 0.29) is 5.82 Å². The molecule has 2 aromatic rings. The Bertz CT molecular complexity index is 615. The van der Waals surface area contributed by atoms with Gasteiger partial charge in [-0.15, -0.1) is 5.10 Å². The molecule has 0 unspecified atom stereocenters. The average molecular weight is 297 g/mol. The summed E-state index contributed by atoms with van der Waals surface area (Å²) < 4.78 is 5.84. The van der Waals surface area contributed by atoms with Crippen LogP contribution in [0.15, 0.2) is 12.5 Å². The first-order valence-corrected chi connectivity index (χ1v) is 6.30. The molecule has 2 heterocycles. The molecular formula is C11H13ClN6O2. The van der Waals surface area contributed by atoms with Gasteiger partial charge >= 0.3 is 5.97 Å². The fourth-order valence-corrected chi connectivity index (χ4v) is 1.57. The molecule has 8 nitrogen and oxygen atoms in total. The van der Waals surface area contributed by atoms with Gasteiger partial charge in [0.1, 0.15) is 11.3 Å². The van der Waals surface area contributed by atoms with E-state index in [0.717, 1.165) is 13.0 Å². The Labute approximate surface area is 120 Å². The number of aromatic nitrogens is 5. The molecule has 0 atom stereocenters. The van der Waals surface area contributed by atoms with Gasteiger partial charge in [0, 0.05) is 6.54 Å². The van der Waals surface area contributed by atoms with Crippen molar-refractivity contribution in [3.63, 3.8) is 0 Å². The van der Waals surface area contributed by atoms with Gasteiger partial charge in [-0.1, -0.05) is 18.5 Å². The first kappa shape index (κ1) is 14.2. The molecule has 0 saturated carbocycles. The van der Waals surface area contributed by atoms with Gasteiger partial charge in [0.15, 0.2) is 5.82 Å². The summed E-state index contributed by atoms with van der Waals surface area (Å²) in [5.74, 6) is 0.0767. The first-order chi connectivity index (χ1) is 9.65. The Hall–Kier alpha value is -2.22. The maximum Gasteiger partial charge on any atom is 0.377 e. The summed E-state index contributed by atoms with van der Waals surface area (Å²) in [6.07, 6.45) is 3.74. The lowest BCUT2D eigenvalue weighted by molar-refractivity contribution is 0.0587. The topological polar surface area (TPSA) is 94.8 Å². The minimum absolute atomic E-state index is 0.0646. The molecule has 2 aromatic heterocycles. The predicted molar refractivity (Wildman–Crippen MR) is 72.1 cm³/mol.